The van der Waals surface area contributed by atoms with Crippen LogP contribution in [0.25, 0.3) is 0 Å². The first-order chi connectivity index (χ1) is 17.2. The molecule has 1 unspecified atom stereocenters. The van der Waals surface area contributed by atoms with Crippen LogP contribution in [0.3, 0.4) is 0 Å². The highest BCUT2D eigenvalue weighted by Crippen LogP contribution is 2.46. The molecule has 3 atom stereocenters. The summed E-state index contributed by atoms with van der Waals surface area (Å²) in [4.78, 5) is 0.0853. The molecule has 3 rings (SSSR count). The van der Waals surface area contributed by atoms with Crippen LogP contribution in [0.4, 0.5) is 0 Å². The van der Waals surface area contributed by atoms with Crippen LogP contribution in [0.15, 0.2) is 35.2 Å². The molecule has 0 aliphatic carbocycles. The van der Waals surface area contributed by atoms with E-state index in [0.29, 0.717) is 23.9 Å². The Bertz CT molecular complexity index is 1090. The number of hydrogen-bond acceptors (Lipinski definition) is 9. The molecule has 1 aliphatic heterocycles. The van der Waals surface area contributed by atoms with Crippen molar-refractivity contribution in [3.63, 3.8) is 0 Å². The second-order valence-electron chi connectivity index (χ2n) is 8.78. The average Bonchev–Trinajstić information content (AvgIpc) is 3.36. The average molecular weight is 524 g/mol. The summed E-state index contributed by atoms with van der Waals surface area (Å²) in [6.45, 7) is 4.27. The van der Waals surface area contributed by atoms with Crippen molar-refractivity contribution < 1.29 is 36.8 Å². The lowest BCUT2D eigenvalue weighted by Crippen LogP contribution is -2.24. The SMILES string of the molecule is CCCOCS(=O)(=O)c1ccc([C@@H]2CC[C@@H](c3cc(OC)c(OC)c(OC)c3)O2)cc1OCC(C)N. The first kappa shape index (κ1) is 28.0. The van der Waals surface area contributed by atoms with Crippen molar-refractivity contribution in [1.29, 1.82) is 0 Å². The summed E-state index contributed by atoms with van der Waals surface area (Å²) in [7, 11) is 1.02. The Morgan fingerprint density at radius 3 is 2.14 bits per heavy atom. The van der Waals surface area contributed by atoms with Crippen LogP contribution in [0.2, 0.25) is 0 Å². The van der Waals surface area contributed by atoms with Gasteiger partial charge >= 0.3 is 0 Å². The summed E-state index contributed by atoms with van der Waals surface area (Å²) in [6.07, 6.45) is 1.82. The molecule has 0 spiro atoms. The maximum atomic E-state index is 12.9. The Morgan fingerprint density at radius 2 is 1.58 bits per heavy atom. The minimum atomic E-state index is -3.70. The van der Waals surface area contributed by atoms with Gasteiger partial charge in [0.1, 0.15) is 17.3 Å². The molecule has 2 aromatic carbocycles. The molecule has 0 bridgehead atoms. The highest BCUT2D eigenvalue weighted by molar-refractivity contribution is 7.91. The molecule has 2 aromatic rings. The maximum Gasteiger partial charge on any atom is 0.205 e. The van der Waals surface area contributed by atoms with Crippen molar-refractivity contribution in [3.8, 4) is 23.0 Å². The smallest absolute Gasteiger partial charge is 0.205 e. The van der Waals surface area contributed by atoms with Gasteiger partial charge in [0.05, 0.1) is 33.5 Å². The zero-order chi connectivity index (χ0) is 26.3. The molecule has 0 aromatic heterocycles. The number of methoxy groups -OCH3 is 3. The van der Waals surface area contributed by atoms with E-state index < -0.39 is 15.8 Å². The lowest BCUT2D eigenvalue weighted by atomic mass is 10.0. The van der Waals surface area contributed by atoms with E-state index >= 15 is 0 Å². The maximum absolute atomic E-state index is 12.9. The molecule has 10 heteroatoms. The first-order valence-corrected chi connectivity index (χ1v) is 13.7. The third-order valence-electron chi connectivity index (χ3n) is 5.84. The third-order valence-corrected chi connectivity index (χ3v) is 7.33. The van der Waals surface area contributed by atoms with E-state index in [1.165, 1.54) is 0 Å². The lowest BCUT2D eigenvalue weighted by Gasteiger charge is -2.19. The van der Waals surface area contributed by atoms with Crippen LogP contribution in [0.5, 0.6) is 23.0 Å². The van der Waals surface area contributed by atoms with Crippen LogP contribution in [0.1, 0.15) is 56.4 Å². The molecule has 0 radical (unpaired) electrons. The van der Waals surface area contributed by atoms with Crippen molar-refractivity contribution in [1.82, 2.24) is 0 Å². The summed E-state index contributed by atoms with van der Waals surface area (Å²) >= 11 is 0. The van der Waals surface area contributed by atoms with Gasteiger partial charge in [0.25, 0.3) is 0 Å². The van der Waals surface area contributed by atoms with Gasteiger partial charge in [-0.2, -0.15) is 0 Å². The third kappa shape index (κ3) is 6.61. The van der Waals surface area contributed by atoms with E-state index in [4.69, 9.17) is 34.2 Å². The molecule has 2 N–H and O–H groups in total. The number of nitrogens with two attached hydrogens (primary N) is 1. The van der Waals surface area contributed by atoms with Gasteiger partial charge in [-0.25, -0.2) is 8.42 Å². The fraction of sp³-hybridized carbons (Fsp3) is 0.538. The molecule has 0 saturated carbocycles. The highest BCUT2D eigenvalue weighted by Gasteiger charge is 2.31. The van der Waals surface area contributed by atoms with Crippen LogP contribution >= 0.6 is 0 Å². The van der Waals surface area contributed by atoms with E-state index in [-0.39, 0.29) is 35.5 Å². The van der Waals surface area contributed by atoms with E-state index in [1.807, 2.05) is 19.1 Å². The van der Waals surface area contributed by atoms with Gasteiger partial charge in [0.15, 0.2) is 17.4 Å². The standard InChI is InChI=1S/C26H37NO8S/c1-6-11-33-16-36(28,29)25-10-7-18(12-22(25)34-15-17(2)27)20-8-9-21(35-20)19-13-23(30-3)26(32-5)24(14-19)31-4/h7,10,12-14,17,20-21H,6,8-9,11,15-16,27H2,1-5H3/t17?,20-,21-/m0/s1. The monoisotopic (exact) mass is 523 g/mol. The Balaban J connectivity index is 1.86. The Morgan fingerprint density at radius 1 is 0.972 bits per heavy atom. The normalized spacial score (nSPS) is 18.6. The number of benzene rings is 2. The van der Waals surface area contributed by atoms with Gasteiger partial charge in [-0.3, -0.25) is 0 Å². The molecule has 9 nitrogen and oxygen atoms in total. The molecule has 1 aliphatic rings. The summed E-state index contributed by atoms with van der Waals surface area (Å²) in [6, 6.07) is 8.58. The molecule has 1 saturated heterocycles. The summed E-state index contributed by atoms with van der Waals surface area (Å²) in [5.74, 6) is 1.49. The fourth-order valence-electron chi connectivity index (χ4n) is 4.11. The van der Waals surface area contributed by atoms with Gasteiger partial charge in [0.2, 0.25) is 15.6 Å². The van der Waals surface area contributed by atoms with Gasteiger partial charge in [-0.1, -0.05) is 13.0 Å². The summed E-state index contributed by atoms with van der Waals surface area (Å²) in [5.41, 5.74) is 7.60. The van der Waals surface area contributed by atoms with Gasteiger partial charge in [-0.05, 0) is 61.6 Å². The zero-order valence-electron chi connectivity index (χ0n) is 21.6. The Hall–Kier alpha value is -2.53. The van der Waals surface area contributed by atoms with E-state index in [0.717, 1.165) is 30.4 Å². The van der Waals surface area contributed by atoms with Crippen molar-refractivity contribution in [3.05, 3.63) is 41.5 Å². The first-order valence-electron chi connectivity index (χ1n) is 12.0. The quantitative estimate of drug-likeness (QED) is 0.386. The number of hydrogen-bond donors (Lipinski definition) is 1. The van der Waals surface area contributed by atoms with Gasteiger partial charge < -0.3 is 34.2 Å². The van der Waals surface area contributed by atoms with E-state index in [9.17, 15) is 8.42 Å². The van der Waals surface area contributed by atoms with Gasteiger partial charge in [0, 0.05) is 12.6 Å². The van der Waals surface area contributed by atoms with Crippen molar-refractivity contribution >= 4 is 9.84 Å². The van der Waals surface area contributed by atoms with Crippen molar-refractivity contribution in [2.75, 3.05) is 40.5 Å². The molecule has 1 heterocycles. The predicted octanol–water partition coefficient (Wildman–Crippen LogP) is 4.19. The largest absolute Gasteiger partial charge is 0.493 e. The Kier molecular flexibility index (Phi) is 9.84. The minimum Gasteiger partial charge on any atom is -0.493 e. The van der Waals surface area contributed by atoms with Crippen molar-refractivity contribution in [2.45, 2.75) is 56.3 Å². The molecule has 200 valence electrons. The highest BCUT2D eigenvalue weighted by atomic mass is 32.2. The second kappa shape index (κ2) is 12.6. The summed E-state index contributed by atoms with van der Waals surface area (Å²) < 4.78 is 59.7. The topological polar surface area (TPSA) is 116 Å². The van der Waals surface area contributed by atoms with E-state index in [1.54, 1.807) is 46.5 Å². The number of ether oxygens (including phenoxy) is 6. The second-order valence-corrected chi connectivity index (χ2v) is 10.7. The molecule has 0 amide bonds. The number of sulfone groups is 1. The molecular formula is C26H37NO8S. The molecule has 1 fully saturated rings. The lowest BCUT2D eigenvalue weighted by molar-refractivity contribution is 0.0436. The fourth-order valence-corrected chi connectivity index (χ4v) is 5.27. The van der Waals surface area contributed by atoms with Crippen molar-refractivity contribution in [2.24, 2.45) is 5.73 Å². The summed E-state index contributed by atoms with van der Waals surface area (Å²) in [5, 5.41) is 0. The minimum absolute atomic E-state index is 0.0853. The molecule has 36 heavy (non-hydrogen) atoms. The predicted molar refractivity (Wildman–Crippen MR) is 136 cm³/mol. The van der Waals surface area contributed by atoms with E-state index in [2.05, 4.69) is 0 Å². The van der Waals surface area contributed by atoms with Gasteiger partial charge in [-0.15, -0.1) is 0 Å². The zero-order valence-corrected chi connectivity index (χ0v) is 22.4. The molecular weight excluding hydrogens is 486 g/mol. The van der Waals surface area contributed by atoms with Crippen LogP contribution in [-0.4, -0.2) is 54.9 Å². The van der Waals surface area contributed by atoms with Crippen LogP contribution in [-0.2, 0) is 19.3 Å². The Labute approximate surface area is 213 Å². The van der Waals surface area contributed by atoms with Crippen LogP contribution < -0.4 is 24.7 Å². The number of rotatable bonds is 13. The van der Waals surface area contributed by atoms with Crippen LogP contribution in [0, 0.1) is 0 Å².